The molecule has 1 heterocycles. The molecule has 0 spiro atoms. The maximum absolute atomic E-state index is 5.83. The Kier molecular flexibility index (Phi) is 2.38. The van der Waals surface area contributed by atoms with Crippen molar-refractivity contribution in [2.24, 2.45) is 0 Å². The maximum atomic E-state index is 5.83. The molecular weight excluding hydrogens is 174 g/mol. The topological polar surface area (TPSA) is 43.8 Å². The normalized spacial score (nSPS) is 13.3. The first kappa shape index (κ1) is 11.1. The summed E-state index contributed by atoms with van der Waals surface area (Å²) in [6.45, 7) is 12.8. The Morgan fingerprint density at radius 3 is 1.79 bits per heavy atom. The van der Waals surface area contributed by atoms with Crippen molar-refractivity contribution in [1.29, 1.82) is 0 Å². The van der Waals surface area contributed by atoms with Crippen molar-refractivity contribution in [3.63, 3.8) is 0 Å². The van der Waals surface area contributed by atoms with Gasteiger partial charge >= 0.3 is 0 Å². The highest BCUT2D eigenvalue weighted by atomic mass is 15.5. The number of nitrogen functional groups attached to an aromatic ring is 1. The summed E-state index contributed by atoms with van der Waals surface area (Å²) in [4.78, 5) is 1.50. The highest BCUT2D eigenvalue weighted by Crippen LogP contribution is 2.27. The standard InChI is InChI=1S/C11H21N3/c1-10(2,3)8-7-9(11(4,5)6)14(12)13-8/h7H,12H2,1-6H3. The van der Waals surface area contributed by atoms with Crippen LogP contribution in [0.5, 0.6) is 0 Å². The molecule has 0 atom stereocenters. The summed E-state index contributed by atoms with van der Waals surface area (Å²) in [5.74, 6) is 5.83. The number of nitrogens with two attached hydrogens (primary N) is 1. The van der Waals surface area contributed by atoms with E-state index in [0.717, 1.165) is 11.4 Å². The SMILES string of the molecule is CC(C)(C)c1cc(C(C)(C)C)n(N)n1. The van der Waals surface area contributed by atoms with Crippen LogP contribution in [-0.2, 0) is 10.8 Å². The summed E-state index contributed by atoms with van der Waals surface area (Å²) in [6.07, 6.45) is 0. The fourth-order valence-electron chi connectivity index (χ4n) is 1.32. The molecule has 0 aliphatic heterocycles. The van der Waals surface area contributed by atoms with Crippen LogP contribution in [0.25, 0.3) is 0 Å². The van der Waals surface area contributed by atoms with Crippen LogP contribution in [0.2, 0.25) is 0 Å². The zero-order valence-corrected chi connectivity index (χ0v) is 10.0. The zero-order valence-electron chi connectivity index (χ0n) is 10.0. The predicted molar refractivity (Wildman–Crippen MR) is 59.8 cm³/mol. The van der Waals surface area contributed by atoms with E-state index in [-0.39, 0.29) is 10.8 Å². The summed E-state index contributed by atoms with van der Waals surface area (Å²) in [5.41, 5.74) is 2.22. The number of aromatic nitrogens is 2. The number of hydrogen-bond acceptors (Lipinski definition) is 2. The molecule has 0 amide bonds. The van der Waals surface area contributed by atoms with Crippen molar-refractivity contribution in [1.82, 2.24) is 9.89 Å². The fourth-order valence-corrected chi connectivity index (χ4v) is 1.32. The fraction of sp³-hybridized carbons (Fsp3) is 0.727. The zero-order chi connectivity index (χ0) is 11.1. The van der Waals surface area contributed by atoms with E-state index in [2.05, 4.69) is 52.7 Å². The summed E-state index contributed by atoms with van der Waals surface area (Å²) < 4.78 is 0. The van der Waals surface area contributed by atoms with Crippen molar-refractivity contribution in [3.8, 4) is 0 Å². The molecule has 0 saturated heterocycles. The van der Waals surface area contributed by atoms with Crippen molar-refractivity contribution < 1.29 is 0 Å². The summed E-state index contributed by atoms with van der Waals surface area (Å²) in [5, 5.41) is 4.34. The van der Waals surface area contributed by atoms with Crippen LogP contribution in [0.1, 0.15) is 52.9 Å². The van der Waals surface area contributed by atoms with Crippen LogP contribution in [0.3, 0.4) is 0 Å². The molecule has 0 radical (unpaired) electrons. The first-order valence-electron chi connectivity index (χ1n) is 4.98. The maximum Gasteiger partial charge on any atom is 0.0702 e. The van der Waals surface area contributed by atoms with Gasteiger partial charge in [0.25, 0.3) is 0 Å². The van der Waals surface area contributed by atoms with Gasteiger partial charge in [0.2, 0.25) is 0 Å². The van der Waals surface area contributed by atoms with Crippen LogP contribution in [0.4, 0.5) is 0 Å². The lowest BCUT2D eigenvalue weighted by molar-refractivity contribution is 0.527. The van der Waals surface area contributed by atoms with Gasteiger partial charge in [0.05, 0.1) is 11.4 Å². The minimum Gasteiger partial charge on any atom is -0.323 e. The highest BCUT2D eigenvalue weighted by molar-refractivity contribution is 5.22. The Bertz CT molecular complexity index is 323. The number of rotatable bonds is 0. The van der Waals surface area contributed by atoms with Gasteiger partial charge in [0.15, 0.2) is 0 Å². The predicted octanol–water partition coefficient (Wildman–Crippen LogP) is 2.19. The lowest BCUT2D eigenvalue weighted by Crippen LogP contribution is -2.23. The average Bonchev–Trinajstić information content (AvgIpc) is 2.27. The number of hydrogen-bond donors (Lipinski definition) is 1. The third-order valence-electron chi connectivity index (χ3n) is 2.27. The van der Waals surface area contributed by atoms with Crippen LogP contribution in [0.15, 0.2) is 6.07 Å². The molecule has 80 valence electrons. The van der Waals surface area contributed by atoms with E-state index in [0.29, 0.717) is 0 Å². The van der Waals surface area contributed by atoms with E-state index in [9.17, 15) is 0 Å². The van der Waals surface area contributed by atoms with Crippen molar-refractivity contribution in [2.75, 3.05) is 5.84 Å². The molecule has 0 aromatic carbocycles. The minimum absolute atomic E-state index is 0.0469. The van der Waals surface area contributed by atoms with E-state index in [1.165, 1.54) is 4.79 Å². The van der Waals surface area contributed by atoms with E-state index in [1.807, 2.05) is 0 Å². The molecule has 0 aliphatic rings. The number of nitrogens with zero attached hydrogens (tertiary/aromatic N) is 2. The smallest absolute Gasteiger partial charge is 0.0702 e. The van der Waals surface area contributed by atoms with Crippen LogP contribution in [0, 0.1) is 0 Å². The summed E-state index contributed by atoms with van der Waals surface area (Å²) in [7, 11) is 0. The summed E-state index contributed by atoms with van der Waals surface area (Å²) >= 11 is 0. The van der Waals surface area contributed by atoms with E-state index in [4.69, 9.17) is 5.84 Å². The summed E-state index contributed by atoms with van der Waals surface area (Å²) in [6, 6.07) is 2.10. The lowest BCUT2D eigenvalue weighted by atomic mass is 9.88. The van der Waals surface area contributed by atoms with Crippen molar-refractivity contribution >= 4 is 0 Å². The van der Waals surface area contributed by atoms with Gasteiger partial charge in [0.1, 0.15) is 0 Å². The molecule has 0 bridgehead atoms. The molecule has 1 aromatic rings. The van der Waals surface area contributed by atoms with Crippen LogP contribution < -0.4 is 5.84 Å². The van der Waals surface area contributed by atoms with Crippen molar-refractivity contribution in [3.05, 3.63) is 17.5 Å². The molecule has 3 nitrogen and oxygen atoms in total. The second-order valence-corrected chi connectivity index (χ2v) is 5.86. The van der Waals surface area contributed by atoms with Gasteiger partial charge in [0, 0.05) is 10.8 Å². The molecule has 2 N–H and O–H groups in total. The van der Waals surface area contributed by atoms with E-state index >= 15 is 0 Å². The largest absolute Gasteiger partial charge is 0.323 e. The Morgan fingerprint density at radius 1 is 1.07 bits per heavy atom. The van der Waals surface area contributed by atoms with Gasteiger partial charge in [-0.15, -0.1) is 0 Å². The van der Waals surface area contributed by atoms with Gasteiger partial charge in [-0.3, -0.25) is 0 Å². The molecule has 0 unspecified atom stereocenters. The third-order valence-corrected chi connectivity index (χ3v) is 2.27. The third kappa shape index (κ3) is 2.08. The van der Waals surface area contributed by atoms with Gasteiger partial charge < -0.3 is 5.84 Å². The van der Waals surface area contributed by atoms with E-state index < -0.39 is 0 Å². The van der Waals surface area contributed by atoms with Crippen molar-refractivity contribution in [2.45, 2.75) is 52.4 Å². The monoisotopic (exact) mass is 195 g/mol. The first-order chi connectivity index (χ1) is 6.12. The molecular formula is C11H21N3. The Hall–Kier alpha value is -0.990. The quantitative estimate of drug-likeness (QED) is 0.645. The lowest BCUT2D eigenvalue weighted by Gasteiger charge is -2.17. The van der Waals surface area contributed by atoms with E-state index in [1.54, 1.807) is 0 Å². The van der Waals surface area contributed by atoms with Crippen LogP contribution in [-0.4, -0.2) is 9.89 Å². The molecule has 1 rings (SSSR count). The van der Waals surface area contributed by atoms with Crippen LogP contribution >= 0.6 is 0 Å². The second kappa shape index (κ2) is 3.01. The van der Waals surface area contributed by atoms with Gasteiger partial charge in [-0.2, -0.15) is 9.89 Å². The molecule has 0 fully saturated rings. The molecule has 14 heavy (non-hydrogen) atoms. The minimum atomic E-state index is 0.0469. The Morgan fingerprint density at radius 2 is 1.57 bits per heavy atom. The van der Waals surface area contributed by atoms with Gasteiger partial charge in [-0.25, -0.2) is 0 Å². The second-order valence-electron chi connectivity index (χ2n) is 5.86. The molecule has 0 aliphatic carbocycles. The Balaban J connectivity index is 3.19. The van der Waals surface area contributed by atoms with Gasteiger partial charge in [-0.1, -0.05) is 41.5 Å². The van der Waals surface area contributed by atoms with Gasteiger partial charge in [-0.05, 0) is 6.07 Å². The first-order valence-corrected chi connectivity index (χ1v) is 4.98. The average molecular weight is 195 g/mol. The Labute approximate surface area is 86.3 Å². The molecule has 0 saturated carbocycles. The molecule has 1 aromatic heterocycles. The molecule has 3 heteroatoms. The highest BCUT2D eigenvalue weighted by Gasteiger charge is 2.24.